The number of carbonyl (C=O) groups excluding carboxylic acids is 1. The largest absolute Gasteiger partial charge is 0.380 e. The quantitative estimate of drug-likeness (QED) is 0.821. The summed E-state index contributed by atoms with van der Waals surface area (Å²) < 4.78 is 40.1. The second-order valence-corrected chi connectivity index (χ2v) is 4.96. The highest BCUT2D eigenvalue weighted by molar-refractivity contribution is 5.76. The molecule has 0 aliphatic heterocycles. The van der Waals surface area contributed by atoms with Crippen molar-refractivity contribution in [3.63, 3.8) is 0 Å². The van der Waals surface area contributed by atoms with E-state index in [0.717, 1.165) is 12.1 Å². The van der Waals surface area contributed by atoms with Gasteiger partial charge in [0.15, 0.2) is 0 Å². The minimum Gasteiger partial charge on any atom is -0.380 e. The summed E-state index contributed by atoms with van der Waals surface area (Å²) in [5.41, 5.74) is 0.283. The van der Waals surface area contributed by atoms with E-state index in [1.54, 1.807) is 18.2 Å². The van der Waals surface area contributed by atoms with E-state index in [-0.39, 0.29) is 30.4 Å². The predicted octanol–water partition coefficient (Wildman–Crippen LogP) is 3.26. The van der Waals surface area contributed by atoms with E-state index in [4.69, 9.17) is 0 Å². The van der Waals surface area contributed by atoms with Crippen molar-refractivity contribution in [3.8, 4) is 0 Å². The highest BCUT2D eigenvalue weighted by atomic mass is 19.1. The summed E-state index contributed by atoms with van der Waals surface area (Å²) in [5.74, 6) is -1.99. The first-order valence-electron chi connectivity index (χ1n) is 7.26. The lowest BCUT2D eigenvalue weighted by Crippen LogP contribution is -2.27. The average Bonchev–Trinajstić information content (AvgIpc) is 2.52. The number of nitrogens with one attached hydrogen (secondary N) is 2. The summed E-state index contributed by atoms with van der Waals surface area (Å²) in [5, 5.41) is 5.20. The smallest absolute Gasteiger partial charge is 0.221 e. The molecule has 0 atom stereocenters. The van der Waals surface area contributed by atoms with E-state index in [1.807, 2.05) is 0 Å². The minimum absolute atomic E-state index is 0.0606. The van der Waals surface area contributed by atoms with Crippen LogP contribution in [0.2, 0.25) is 0 Å². The van der Waals surface area contributed by atoms with E-state index in [9.17, 15) is 18.0 Å². The van der Waals surface area contributed by atoms with Crippen molar-refractivity contribution in [3.05, 3.63) is 65.5 Å². The molecule has 6 heteroatoms. The van der Waals surface area contributed by atoms with Gasteiger partial charge in [-0.25, -0.2) is 13.2 Å². The Hall–Kier alpha value is -2.50. The van der Waals surface area contributed by atoms with Crippen molar-refractivity contribution in [2.24, 2.45) is 0 Å². The first-order chi connectivity index (χ1) is 11.1. The maximum atomic E-state index is 13.4. The Morgan fingerprint density at radius 2 is 1.52 bits per heavy atom. The first-order valence-corrected chi connectivity index (χ1v) is 7.26. The zero-order valence-electron chi connectivity index (χ0n) is 12.4. The van der Waals surface area contributed by atoms with Gasteiger partial charge in [0.25, 0.3) is 0 Å². The van der Waals surface area contributed by atoms with Crippen molar-refractivity contribution in [1.29, 1.82) is 0 Å². The molecule has 2 aromatic carbocycles. The van der Waals surface area contributed by atoms with Crippen LogP contribution in [0.25, 0.3) is 0 Å². The van der Waals surface area contributed by atoms with Gasteiger partial charge in [0.2, 0.25) is 5.91 Å². The van der Waals surface area contributed by atoms with Crippen LogP contribution < -0.4 is 10.6 Å². The Kier molecular flexibility index (Phi) is 6.02. The number of hydrogen-bond donors (Lipinski definition) is 2. The summed E-state index contributed by atoms with van der Waals surface area (Å²) in [6.07, 6.45) is 0.443. The van der Waals surface area contributed by atoms with Gasteiger partial charge >= 0.3 is 0 Å². The predicted molar refractivity (Wildman–Crippen MR) is 82.6 cm³/mol. The number of rotatable bonds is 7. The topological polar surface area (TPSA) is 41.1 Å². The Bertz CT molecular complexity index is 656. The van der Waals surface area contributed by atoms with E-state index >= 15 is 0 Å². The van der Waals surface area contributed by atoms with Crippen LogP contribution in [-0.4, -0.2) is 19.0 Å². The van der Waals surface area contributed by atoms with Crippen LogP contribution in [-0.2, 0) is 11.2 Å². The van der Waals surface area contributed by atoms with E-state index in [1.165, 1.54) is 12.1 Å². The van der Waals surface area contributed by atoms with Crippen molar-refractivity contribution in [2.45, 2.75) is 12.8 Å². The molecule has 2 aromatic rings. The molecule has 0 unspecified atom stereocenters. The molecule has 1 amide bonds. The molecule has 2 N–H and O–H groups in total. The van der Waals surface area contributed by atoms with Crippen LogP contribution in [0.15, 0.2) is 42.5 Å². The van der Waals surface area contributed by atoms with Crippen molar-refractivity contribution < 1.29 is 18.0 Å². The molecular weight excluding hydrogens is 305 g/mol. The molecule has 2 rings (SSSR count). The molecule has 23 heavy (non-hydrogen) atoms. The summed E-state index contributed by atoms with van der Waals surface area (Å²) in [7, 11) is 0. The fourth-order valence-electron chi connectivity index (χ4n) is 2.09. The van der Waals surface area contributed by atoms with Gasteiger partial charge in [-0.1, -0.05) is 24.3 Å². The lowest BCUT2D eigenvalue weighted by atomic mass is 10.1. The second kappa shape index (κ2) is 8.22. The van der Waals surface area contributed by atoms with Gasteiger partial charge in [-0.3, -0.25) is 4.79 Å². The molecule has 0 radical (unpaired) electrons. The zero-order chi connectivity index (χ0) is 16.7. The number of halogens is 3. The van der Waals surface area contributed by atoms with Gasteiger partial charge in [-0.2, -0.15) is 0 Å². The maximum absolute atomic E-state index is 13.4. The van der Waals surface area contributed by atoms with Crippen LogP contribution in [0, 0.1) is 17.5 Å². The van der Waals surface area contributed by atoms with E-state index < -0.39 is 11.6 Å². The Morgan fingerprint density at radius 1 is 0.870 bits per heavy atom. The van der Waals surface area contributed by atoms with Gasteiger partial charge in [-0.05, 0) is 30.2 Å². The molecule has 0 bridgehead atoms. The van der Waals surface area contributed by atoms with Gasteiger partial charge in [0.1, 0.15) is 23.1 Å². The highest BCUT2D eigenvalue weighted by Gasteiger charge is 2.08. The molecular formula is C17H17F3N2O. The first kappa shape index (κ1) is 16.9. The van der Waals surface area contributed by atoms with E-state index in [2.05, 4.69) is 10.6 Å². The molecule has 0 heterocycles. The van der Waals surface area contributed by atoms with Crippen molar-refractivity contribution >= 4 is 11.6 Å². The molecule has 0 aromatic heterocycles. The van der Waals surface area contributed by atoms with Crippen LogP contribution in [0.4, 0.5) is 18.9 Å². The number of amides is 1. The number of hydrogen-bond acceptors (Lipinski definition) is 2. The molecule has 3 nitrogen and oxygen atoms in total. The van der Waals surface area contributed by atoms with Gasteiger partial charge in [-0.15, -0.1) is 0 Å². The van der Waals surface area contributed by atoms with Crippen LogP contribution in [0.1, 0.15) is 12.0 Å². The molecule has 122 valence electrons. The summed E-state index contributed by atoms with van der Waals surface area (Å²) in [4.78, 5) is 11.6. The fraction of sp³-hybridized carbons (Fsp3) is 0.235. The average molecular weight is 322 g/mol. The number of anilines is 1. The SMILES string of the molecule is O=C(CCNc1c(F)cccc1F)NCCc1ccccc1F. The standard InChI is InChI=1S/C17H17F3N2O/c18-13-5-2-1-4-12(13)8-10-21-16(23)9-11-22-17-14(19)6-3-7-15(17)20/h1-7,22H,8-11H2,(H,21,23). The Balaban J connectivity index is 1.70. The maximum Gasteiger partial charge on any atom is 0.221 e. The lowest BCUT2D eigenvalue weighted by molar-refractivity contribution is -0.120. The Morgan fingerprint density at radius 3 is 2.22 bits per heavy atom. The zero-order valence-corrected chi connectivity index (χ0v) is 12.4. The Labute approximate surface area is 132 Å². The number of benzene rings is 2. The molecule has 0 spiro atoms. The monoisotopic (exact) mass is 322 g/mol. The molecule has 0 saturated heterocycles. The minimum atomic E-state index is -0.704. The normalized spacial score (nSPS) is 10.4. The third-order valence-corrected chi connectivity index (χ3v) is 3.29. The van der Waals surface area contributed by atoms with Gasteiger partial charge < -0.3 is 10.6 Å². The van der Waals surface area contributed by atoms with Crippen molar-refractivity contribution in [1.82, 2.24) is 5.32 Å². The van der Waals surface area contributed by atoms with Gasteiger partial charge in [0, 0.05) is 19.5 Å². The molecule has 0 aliphatic rings. The summed E-state index contributed by atoms with van der Waals surface area (Å²) in [6.45, 7) is 0.400. The van der Waals surface area contributed by atoms with Crippen LogP contribution in [0.5, 0.6) is 0 Å². The summed E-state index contributed by atoms with van der Waals surface area (Å²) >= 11 is 0. The second-order valence-electron chi connectivity index (χ2n) is 4.96. The molecule has 0 aliphatic carbocycles. The summed E-state index contributed by atoms with van der Waals surface area (Å²) in [6, 6.07) is 9.90. The third-order valence-electron chi connectivity index (χ3n) is 3.29. The van der Waals surface area contributed by atoms with Crippen LogP contribution >= 0.6 is 0 Å². The third kappa shape index (κ3) is 5.02. The van der Waals surface area contributed by atoms with Crippen molar-refractivity contribution in [2.75, 3.05) is 18.4 Å². The fourth-order valence-corrected chi connectivity index (χ4v) is 2.09. The molecule has 0 saturated carbocycles. The highest BCUT2D eigenvalue weighted by Crippen LogP contribution is 2.17. The van der Waals surface area contributed by atoms with Gasteiger partial charge in [0.05, 0.1) is 0 Å². The number of para-hydroxylation sites is 1. The molecule has 0 fully saturated rings. The number of carbonyl (C=O) groups is 1. The van der Waals surface area contributed by atoms with Crippen LogP contribution in [0.3, 0.4) is 0 Å². The van der Waals surface area contributed by atoms with E-state index in [0.29, 0.717) is 18.5 Å². The lowest BCUT2D eigenvalue weighted by Gasteiger charge is -2.09.